The first-order valence-electron chi connectivity index (χ1n) is 11.3. The molecule has 0 bridgehead atoms. The molecule has 0 aliphatic carbocycles. The molecule has 2 unspecified atom stereocenters. The van der Waals surface area contributed by atoms with Gasteiger partial charge in [0.2, 0.25) is 0 Å². The highest BCUT2D eigenvalue weighted by Gasteiger charge is 2.41. The van der Waals surface area contributed by atoms with Gasteiger partial charge in [0.1, 0.15) is 18.5 Å². The van der Waals surface area contributed by atoms with E-state index in [4.69, 9.17) is 9.47 Å². The number of carbonyl (C=O) groups excluding carboxylic acids is 1. The molecule has 2 aromatic carbocycles. The summed E-state index contributed by atoms with van der Waals surface area (Å²) in [5.41, 5.74) is 2.32. The minimum Gasteiger partial charge on any atom is -0.486 e. The van der Waals surface area contributed by atoms with Crippen LogP contribution < -0.4 is 20.1 Å². The standard InChI is InChI=1S/C26H23N5O4/c1-15-24(26(33)29-18-7-6-17-12-27-9-8-16(17)10-18)25(31-23(28-15)11-19(13-32)30-31)22-14-34-20-4-2-3-5-21(20)35-22/h2-12,22,25,28,32H,13-14H2,1H3,(H,29,33). The third-order valence-electron chi connectivity index (χ3n) is 6.25. The number of pyridine rings is 1. The van der Waals surface area contributed by atoms with Gasteiger partial charge in [-0.25, -0.2) is 4.68 Å². The molecule has 4 aromatic rings. The number of aromatic nitrogens is 3. The summed E-state index contributed by atoms with van der Waals surface area (Å²) < 4.78 is 14.0. The largest absolute Gasteiger partial charge is 0.486 e. The van der Waals surface area contributed by atoms with E-state index in [9.17, 15) is 9.90 Å². The van der Waals surface area contributed by atoms with E-state index in [1.165, 1.54) is 0 Å². The van der Waals surface area contributed by atoms with Crippen LogP contribution in [0, 0.1) is 0 Å². The molecule has 1 amide bonds. The number of para-hydroxylation sites is 2. The zero-order valence-corrected chi connectivity index (χ0v) is 18.9. The number of amides is 1. The lowest BCUT2D eigenvalue weighted by Gasteiger charge is -2.36. The molecule has 4 heterocycles. The van der Waals surface area contributed by atoms with E-state index in [-0.39, 0.29) is 19.1 Å². The monoisotopic (exact) mass is 469 g/mol. The number of benzene rings is 2. The van der Waals surface area contributed by atoms with Crippen LogP contribution in [0.3, 0.4) is 0 Å². The summed E-state index contributed by atoms with van der Waals surface area (Å²) in [4.78, 5) is 17.8. The number of hydrogen-bond acceptors (Lipinski definition) is 7. The Morgan fingerprint density at radius 2 is 2.03 bits per heavy atom. The van der Waals surface area contributed by atoms with E-state index < -0.39 is 12.1 Å². The number of rotatable bonds is 4. The van der Waals surface area contributed by atoms with Crippen LogP contribution in [0.4, 0.5) is 11.5 Å². The minimum atomic E-state index is -0.579. The van der Waals surface area contributed by atoms with Gasteiger partial charge in [-0.3, -0.25) is 9.78 Å². The van der Waals surface area contributed by atoms with Crippen LogP contribution in [0.15, 0.2) is 78.3 Å². The molecule has 2 aromatic heterocycles. The Hall–Kier alpha value is -4.37. The van der Waals surface area contributed by atoms with Crippen LogP contribution in [0.2, 0.25) is 0 Å². The minimum absolute atomic E-state index is 0.216. The average Bonchev–Trinajstić information content (AvgIpc) is 3.30. The third-order valence-corrected chi connectivity index (χ3v) is 6.25. The first kappa shape index (κ1) is 21.2. The van der Waals surface area contributed by atoms with Crippen molar-refractivity contribution in [1.82, 2.24) is 14.8 Å². The van der Waals surface area contributed by atoms with E-state index in [0.717, 1.165) is 10.8 Å². The fraction of sp³-hybridized carbons (Fsp3) is 0.192. The fourth-order valence-electron chi connectivity index (χ4n) is 4.63. The number of hydrogen-bond donors (Lipinski definition) is 3. The summed E-state index contributed by atoms with van der Waals surface area (Å²) in [6.07, 6.45) is 2.98. The summed E-state index contributed by atoms with van der Waals surface area (Å²) >= 11 is 0. The van der Waals surface area contributed by atoms with Crippen molar-refractivity contribution >= 4 is 28.2 Å². The lowest BCUT2D eigenvalue weighted by Crippen LogP contribution is -2.43. The maximum Gasteiger partial charge on any atom is 0.255 e. The number of anilines is 2. The van der Waals surface area contributed by atoms with Crippen molar-refractivity contribution in [2.24, 2.45) is 0 Å². The number of nitrogens with one attached hydrogen (secondary N) is 2. The molecule has 3 N–H and O–H groups in total. The van der Waals surface area contributed by atoms with Gasteiger partial charge in [-0.2, -0.15) is 5.10 Å². The summed E-state index contributed by atoms with van der Waals surface area (Å²) in [5.74, 6) is 1.67. The normalized spacial score (nSPS) is 18.7. The zero-order chi connectivity index (χ0) is 23.9. The molecule has 2 aliphatic rings. The number of ether oxygens (including phenoxy) is 2. The molecular formula is C26H23N5O4. The number of fused-ring (bicyclic) bond motifs is 3. The predicted molar refractivity (Wildman–Crippen MR) is 130 cm³/mol. The second-order valence-electron chi connectivity index (χ2n) is 8.54. The van der Waals surface area contributed by atoms with Crippen molar-refractivity contribution in [3.8, 4) is 11.5 Å². The summed E-state index contributed by atoms with van der Waals surface area (Å²) in [6, 6.07) is 16.2. The highest BCUT2D eigenvalue weighted by molar-refractivity contribution is 6.06. The Balaban J connectivity index is 1.37. The van der Waals surface area contributed by atoms with Gasteiger partial charge in [0.05, 0.1) is 17.9 Å². The molecule has 0 fully saturated rings. The average molecular weight is 470 g/mol. The van der Waals surface area contributed by atoms with Gasteiger partial charge in [0, 0.05) is 35.2 Å². The lowest BCUT2D eigenvalue weighted by atomic mass is 9.96. The molecule has 9 nitrogen and oxygen atoms in total. The molecule has 0 saturated carbocycles. The first-order chi connectivity index (χ1) is 17.1. The molecule has 2 aliphatic heterocycles. The van der Waals surface area contributed by atoms with Gasteiger partial charge >= 0.3 is 0 Å². The first-order valence-corrected chi connectivity index (χ1v) is 11.3. The maximum atomic E-state index is 13.7. The van der Waals surface area contributed by atoms with Crippen molar-refractivity contribution in [3.63, 3.8) is 0 Å². The van der Waals surface area contributed by atoms with Gasteiger partial charge in [-0.1, -0.05) is 18.2 Å². The number of aliphatic hydroxyl groups excluding tert-OH is 1. The maximum absolute atomic E-state index is 13.7. The summed E-state index contributed by atoms with van der Waals surface area (Å²) in [6.45, 7) is 1.87. The van der Waals surface area contributed by atoms with Gasteiger partial charge < -0.3 is 25.2 Å². The highest BCUT2D eigenvalue weighted by Crippen LogP contribution is 2.40. The van der Waals surface area contributed by atoms with Gasteiger partial charge in [0.25, 0.3) is 5.91 Å². The molecular weight excluding hydrogens is 446 g/mol. The van der Waals surface area contributed by atoms with Crippen LogP contribution in [0.5, 0.6) is 11.5 Å². The number of aliphatic hydroxyl groups is 1. The topological polar surface area (TPSA) is 111 Å². The molecule has 176 valence electrons. The zero-order valence-electron chi connectivity index (χ0n) is 18.9. The SMILES string of the molecule is CC1=C(C(=O)Nc2ccc3cnccc3c2)C(C2COc3ccccc3O2)n2nc(CO)cc2N1. The van der Waals surface area contributed by atoms with Crippen molar-refractivity contribution in [1.29, 1.82) is 0 Å². The predicted octanol–water partition coefficient (Wildman–Crippen LogP) is 3.64. The Kier molecular flexibility index (Phi) is 5.11. The molecule has 35 heavy (non-hydrogen) atoms. The van der Waals surface area contributed by atoms with Crippen LogP contribution in [-0.4, -0.2) is 38.5 Å². The van der Waals surface area contributed by atoms with Crippen molar-refractivity contribution in [2.75, 3.05) is 17.2 Å². The fourth-order valence-corrected chi connectivity index (χ4v) is 4.63. The Morgan fingerprint density at radius 3 is 2.89 bits per heavy atom. The Labute approximate surface area is 201 Å². The Bertz CT molecular complexity index is 1480. The van der Waals surface area contributed by atoms with Crippen LogP contribution >= 0.6 is 0 Å². The summed E-state index contributed by atoms with van der Waals surface area (Å²) in [5, 5.41) is 22.5. The highest BCUT2D eigenvalue weighted by atomic mass is 16.6. The smallest absolute Gasteiger partial charge is 0.255 e. The third kappa shape index (κ3) is 3.75. The molecule has 6 rings (SSSR count). The Morgan fingerprint density at radius 1 is 1.17 bits per heavy atom. The van der Waals surface area contributed by atoms with Gasteiger partial charge in [-0.15, -0.1) is 0 Å². The lowest BCUT2D eigenvalue weighted by molar-refractivity contribution is -0.113. The molecule has 0 radical (unpaired) electrons. The van der Waals surface area contributed by atoms with Crippen LogP contribution in [-0.2, 0) is 11.4 Å². The molecule has 0 spiro atoms. The van der Waals surface area contributed by atoms with Crippen molar-refractivity contribution < 1.29 is 19.4 Å². The number of nitrogens with zero attached hydrogens (tertiary/aromatic N) is 3. The van der Waals surface area contributed by atoms with Gasteiger partial charge in [-0.05, 0) is 42.6 Å². The quantitative estimate of drug-likeness (QED) is 0.419. The van der Waals surface area contributed by atoms with E-state index in [1.54, 1.807) is 23.1 Å². The van der Waals surface area contributed by atoms with Gasteiger partial charge in [0.15, 0.2) is 17.6 Å². The second kappa shape index (κ2) is 8.44. The van der Waals surface area contributed by atoms with Crippen LogP contribution in [0.1, 0.15) is 18.7 Å². The number of carbonyl (C=O) groups is 1. The summed E-state index contributed by atoms with van der Waals surface area (Å²) in [7, 11) is 0. The van der Waals surface area contributed by atoms with Crippen LogP contribution in [0.25, 0.3) is 10.8 Å². The molecule has 2 atom stereocenters. The van der Waals surface area contributed by atoms with E-state index in [1.807, 2.05) is 55.5 Å². The van der Waals surface area contributed by atoms with Crippen molar-refractivity contribution in [3.05, 3.63) is 84.0 Å². The van der Waals surface area contributed by atoms with E-state index >= 15 is 0 Å². The van der Waals surface area contributed by atoms with E-state index in [2.05, 4.69) is 20.7 Å². The molecule has 0 saturated heterocycles. The molecule has 9 heteroatoms. The number of allylic oxidation sites excluding steroid dienone is 1. The second-order valence-corrected chi connectivity index (χ2v) is 8.54. The van der Waals surface area contributed by atoms with E-state index in [0.29, 0.717) is 40.0 Å². The van der Waals surface area contributed by atoms with Crippen molar-refractivity contribution in [2.45, 2.75) is 25.7 Å².